The second-order valence-corrected chi connectivity index (χ2v) is 13.6. The van der Waals surface area contributed by atoms with E-state index in [0.717, 1.165) is 99.7 Å². The van der Waals surface area contributed by atoms with E-state index in [-0.39, 0.29) is 49.5 Å². The van der Waals surface area contributed by atoms with Gasteiger partial charge < -0.3 is 20.8 Å². The van der Waals surface area contributed by atoms with Crippen molar-refractivity contribution in [1.29, 1.82) is 0 Å². The first-order valence-corrected chi connectivity index (χ1v) is 18.2. The Bertz CT molecular complexity index is 1480. The molecule has 1 aromatic heterocycles. The molecule has 2 aliphatic rings. The fraction of sp³-hybridized carbons (Fsp3) is 0.550. The molecule has 0 bridgehead atoms. The van der Waals surface area contributed by atoms with Crippen LogP contribution < -0.4 is 10.6 Å². The van der Waals surface area contributed by atoms with Crippen LogP contribution in [0.5, 0.6) is 0 Å². The number of Topliss-reactive ketones (excluding diaryl/α,β-unsaturated/α-hetero) is 1. The average molecular weight is 673 g/mol. The lowest BCUT2D eigenvalue weighted by molar-refractivity contribution is -0.131. The molecular weight excluding hydrogens is 616 g/mol. The number of aromatic nitrogens is 2. The molecule has 2 heterocycles. The lowest BCUT2D eigenvalue weighted by Crippen LogP contribution is -2.51. The van der Waals surface area contributed by atoms with Crippen molar-refractivity contribution in [2.45, 2.75) is 122 Å². The first kappa shape index (κ1) is 38.0. The van der Waals surface area contributed by atoms with Gasteiger partial charge in [0.05, 0.1) is 24.1 Å². The van der Waals surface area contributed by atoms with Crippen molar-refractivity contribution in [3.05, 3.63) is 82.7 Å². The van der Waals surface area contributed by atoms with Crippen LogP contribution >= 0.6 is 0 Å². The van der Waals surface area contributed by atoms with Gasteiger partial charge in [0, 0.05) is 30.6 Å². The number of benzene rings is 1. The zero-order valence-electron chi connectivity index (χ0n) is 29.5. The smallest absolute Gasteiger partial charge is 0.251 e. The number of hydrogen-bond acceptors (Lipinski definition) is 6. The number of hydrogen-bond donors (Lipinski definition) is 4. The van der Waals surface area contributed by atoms with Gasteiger partial charge in [-0.25, -0.2) is 4.68 Å². The van der Waals surface area contributed by atoms with Crippen molar-refractivity contribution >= 4 is 17.6 Å². The summed E-state index contributed by atoms with van der Waals surface area (Å²) in [6, 6.07) is 6.41. The van der Waals surface area contributed by atoms with E-state index in [2.05, 4.69) is 36.3 Å². The highest BCUT2D eigenvalue weighted by molar-refractivity contribution is 5.94. The van der Waals surface area contributed by atoms with Crippen LogP contribution in [0.2, 0.25) is 0 Å². The number of nitrogens with zero attached hydrogens (tertiary/aromatic N) is 2. The Morgan fingerprint density at radius 1 is 1.04 bits per heavy atom. The van der Waals surface area contributed by atoms with Crippen LogP contribution in [0.15, 0.2) is 60.2 Å². The van der Waals surface area contributed by atoms with E-state index in [1.807, 2.05) is 29.8 Å². The summed E-state index contributed by atoms with van der Waals surface area (Å²) in [5, 5.41) is 30.8. The number of unbranched alkanes of at least 4 members (excludes halogenated alkanes) is 1. The molecule has 0 spiro atoms. The summed E-state index contributed by atoms with van der Waals surface area (Å²) in [5.74, 6) is -0.468. The van der Waals surface area contributed by atoms with Crippen LogP contribution in [0.3, 0.4) is 0 Å². The molecule has 1 aliphatic heterocycles. The van der Waals surface area contributed by atoms with Gasteiger partial charge in [-0.1, -0.05) is 48.6 Å². The summed E-state index contributed by atoms with van der Waals surface area (Å²) in [7, 11) is 0. The van der Waals surface area contributed by atoms with E-state index in [1.54, 1.807) is 12.1 Å². The SMILES string of the molecule is C=CCCC/C1=C\CC/C(CCc2c(C)nn(-c3ccc(C(=O)NCCO)cc3)c2C)=C\CCC(=O)N[C@H]([C@H](O)C2CCCCC2)C(=O)C1. The highest BCUT2D eigenvalue weighted by atomic mass is 16.3. The minimum Gasteiger partial charge on any atom is -0.395 e. The lowest BCUT2D eigenvalue weighted by atomic mass is 9.81. The summed E-state index contributed by atoms with van der Waals surface area (Å²) in [6.07, 6.45) is 17.5. The molecule has 1 aliphatic carbocycles. The fourth-order valence-corrected chi connectivity index (χ4v) is 7.22. The second-order valence-electron chi connectivity index (χ2n) is 13.6. The minimum absolute atomic E-state index is 0.0397. The number of carbonyl (C=O) groups excluding carboxylic acids is 3. The highest BCUT2D eigenvalue weighted by Crippen LogP contribution is 2.30. The number of aliphatic hydroxyl groups is 2. The van der Waals surface area contributed by atoms with Gasteiger partial charge >= 0.3 is 0 Å². The van der Waals surface area contributed by atoms with E-state index in [0.29, 0.717) is 12.0 Å². The molecule has 2 atom stereocenters. The maximum absolute atomic E-state index is 13.7. The summed E-state index contributed by atoms with van der Waals surface area (Å²) in [6.45, 7) is 8.04. The number of aliphatic hydroxyl groups excluding tert-OH is 2. The Morgan fingerprint density at radius 2 is 1.76 bits per heavy atom. The molecule has 9 heteroatoms. The van der Waals surface area contributed by atoms with Crippen LogP contribution in [0.1, 0.15) is 117 Å². The zero-order valence-corrected chi connectivity index (χ0v) is 29.5. The van der Waals surface area contributed by atoms with Crippen LogP contribution in [0.4, 0.5) is 0 Å². The maximum atomic E-state index is 13.7. The van der Waals surface area contributed by atoms with Crippen molar-refractivity contribution in [2.75, 3.05) is 13.2 Å². The Balaban J connectivity index is 1.48. The Morgan fingerprint density at radius 3 is 2.47 bits per heavy atom. The van der Waals surface area contributed by atoms with Gasteiger partial charge in [0.1, 0.15) is 6.04 Å². The third kappa shape index (κ3) is 11.1. The number of amides is 2. The van der Waals surface area contributed by atoms with Crippen LogP contribution in [0.25, 0.3) is 5.69 Å². The Kier molecular flexibility index (Phi) is 15.0. The van der Waals surface area contributed by atoms with E-state index < -0.39 is 12.1 Å². The third-order valence-corrected chi connectivity index (χ3v) is 10.1. The molecule has 1 aromatic carbocycles. The van der Waals surface area contributed by atoms with Crippen molar-refractivity contribution in [2.24, 2.45) is 5.92 Å². The number of ketones is 1. The summed E-state index contributed by atoms with van der Waals surface area (Å²) >= 11 is 0. The predicted molar refractivity (Wildman–Crippen MR) is 194 cm³/mol. The molecule has 2 aromatic rings. The van der Waals surface area contributed by atoms with Crippen molar-refractivity contribution < 1.29 is 24.6 Å². The molecule has 0 saturated heterocycles. The van der Waals surface area contributed by atoms with Gasteiger partial charge in [0.2, 0.25) is 5.91 Å². The molecule has 1 fully saturated rings. The Hall–Kier alpha value is -3.82. The Labute approximate surface area is 292 Å². The van der Waals surface area contributed by atoms with Gasteiger partial charge in [0.15, 0.2) is 5.78 Å². The molecule has 0 radical (unpaired) electrons. The standard InChI is InChI=1S/C40H56N4O5/c1-4-5-7-12-31-15-10-13-30(14-11-18-37(47)42-38(36(46)27-31)39(48)32-16-8-6-9-17-32)19-24-35-28(2)43-44(29(35)3)34-22-20-33(21-23-34)40(49)41-25-26-45/h4,14-15,20-23,32,38-39,45,48H,1,5-13,16-19,24-27H2,2-3H3,(H,41,49)(H,42,47)/b30-14+,31-15+/t38-,39+/m0/s1. The topological polar surface area (TPSA) is 134 Å². The molecular formula is C40H56N4O5. The zero-order chi connectivity index (χ0) is 35.2. The first-order chi connectivity index (χ1) is 23.7. The lowest BCUT2D eigenvalue weighted by Gasteiger charge is -2.32. The monoisotopic (exact) mass is 672 g/mol. The average Bonchev–Trinajstić information content (AvgIpc) is 3.40. The first-order valence-electron chi connectivity index (χ1n) is 18.2. The van der Waals surface area contributed by atoms with E-state index >= 15 is 0 Å². The largest absolute Gasteiger partial charge is 0.395 e. The summed E-state index contributed by atoms with van der Waals surface area (Å²) in [5.41, 5.74) is 6.93. The van der Waals surface area contributed by atoms with Gasteiger partial charge in [-0.05, 0) is 114 Å². The number of carbonyl (C=O) groups is 3. The maximum Gasteiger partial charge on any atom is 0.251 e. The third-order valence-electron chi connectivity index (χ3n) is 10.1. The molecule has 2 amide bonds. The van der Waals surface area contributed by atoms with Crippen molar-refractivity contribution in [3.63, 3.8) is 0 Å². The molecule has 266 valence electrons. The minimum atomic E-state index is -0.871. The molecule has 4 N–H and O–H groups in total. The fourth-order valence-electron chi connectivity index (χ4n) is 7.22. The van der Waals surface area contributed by atoms with Crippen molar-refractivity contribution in [3.8, 4) is 5.69 Å². The molecule has 4 rings (SSSR count). The molecule has 1 saturated carbocycles. The van der Waals surface area contributed by atoms with Gasteiger partial charge in [-0.2, -0.15) is 5.10 Å². The van der Waals surface area contributed by atoms with E-state index in [1.165, 1.54) is 11.1 Å². The van der Waals surface area contributed by atoms with Gasteiger partial charge in [-0.15, -0.1) is 6.58 Å². The number of rotatable bonds is 13. The van der Waals surface area contributed by atoms with Gasteiger partial charge in [0.25, 0.3) is 5.91 Å². The molecule has 49 heavy (non-hydrogen) atoms. The predicted octanol–water partition coefficient (Wildman–Crippen LogP) is 6.31. The van der Waals surface area contributed by atoms with Crippen LogP contribution in [0, 0.1) is 19.8 Å². The number of aryl methyl sites for hydroxylation is 1. The van der Waals surface area contributed by atoms with Crippen molar-refractivity contribution in [1.82, 2.24) is 20.4 Å². The quantitative estimate of drug-likeness (QED) is 0.146. The summed E-state index contributed by atoms with van der Waals surface area (Å²) in [4.78, 5) is 39.1. The highest BCUT2D eigenvalue weighted by Gasteiger charge is 2.34. The van der Waals surface area contributed by atoms with E-state index in [4.69, 9.17) is 10.2 Å². The van der Waals surface area contributed by atoms with Gasteiger partial charge in [-0.3, -0.25) is 14.4 Å². The molecule has 9 nitrogen and oxygen atoms in total. The number of allylic oxidation sites excluding steroid dienone is 5. The number of nitrogens with one attached hydrogen (secondary N) is 2. The summed E-state index contributed by atoms with van der Waals surface area (Å²) < 4.78 is 1.91. The normalized spacial score (nSPS) is 21.2. The second kappa shape index (κ2) is 19.4. The molecule has 0 unspecified atom stereocenters. The van der Waals surface area contributed by atoms with Crippen LogP contribution in [-0.4, -0.2) is 62.9 Å². The van der Waals surface area contributed by atoms with Crippen LogP contribution in [-0.2, 0) is 16.0 Å². The van der Waals surface area contributed by atoms with E-state index in [9.17, 15) is 19.5 Å².